The zero-order valence-corrected chi connectivity index (χ0v) is 16.1. The molecule has 0 bridgehead atoms. The number of nitrogens with two attached hydrogens (primary N) is 1. The Morgan fingerprint density at radius 3 is 2.71 bits per heavy atom. The third-order valence-corrected chi connectivity index (χ3v) is 4.87. The number of halogens is 2. The summed E-state index contributed by atoms with van der Waals surface area (Å²) in [6.45, 7) is 0.300. The van der Waals surface area contributed by atoms with Gasteiger partial charge in [-0.1, -0.05) is 29.3 Å². The van der Waals surface area contributed by atoms with E-state index in [-0.39, 0.29) is 5.91 Å². The Balaban J connectivity index is 1.81. The maximum atomic E-state index is 12.7. The van der Waals surface area contributed by atoms with Crippen LogP contribution in [0.25, 0.3) is 16.8 Å². The molecule has 1 amide bonds. The van der Waals surface area contributed by atoms with Crippen molar-refractivity contribution in [1.82, 2.24) is 14.4 Å². The number of amides is 1. The molecule has 3 aromatic heterocycles. The lowest BCUT2D eigenvalue weighted by atomic mass is 10.0. The van der Waals surface area contributed by atoms with Crippen LogP contribution in [0.2, 0.25) is 10.0 Å². The number of hydrogen-bond donors (Lipinski definition) is 2. The Bertz CT molecular complexity index is 1170. The van der Waals surface area contributed by atoms with Gasteiger partial charge in [-0.25, -0.2) is 4.98 Å². The smallest absolute Gasteiger partial charge is 0.274 e. The van der Waals surface area contributed by atoms with Crippen molar-refractivity contribution >= 4 is 40.4 Å². The monoisotopic (exact) mass is 411 g/mol. The number of anilines is 1. The van der Waals surface area contributed by atoms with Crippen molar-refractivity contribution in [3.63, 3.8) is 0 Å². The number of rotatable bonds is 4. The summed E-state index contributed by atoms with van der Waals surface area (Å²) in [5.41, 5.74) is 9.99. The SMILES string of the molecule is NCc1cc2ncc(C(=O)Nc3cccnc3)n2cc1-c1ccc(Cl)cc1Cl. The summed E-state index contributed by atoms with van der Waals surface area (Å²) in [6.07, 6.45) is 6.55. The summed E-state index contributed by atoms with van der Waals surface area (Å²) >= 11 is 12.4. The van der Waals surface area contributed by atoms with E-state index in [2.05, 4.69) is 15.3 Å². The van der Waals surface area contributed by atoms with Crippen molar-refractivity contribution < 1.29 is 4.79 Å². The summed E-state index contributed by atoms with van der Waals surface area (Å²) in [7, 11) is 0. The standard InChI is InChI=1S/C20H15Cl2N5O/c21-13-3-4-15(17(22)7-13)16-11-27-18(10-25-19(27)6-12(16)8-23)20(28)26-14-2-1-5-24-9-14/h1-7,9-11H,8,23H2,(H,26,28). The molecule has 3 N–H and O–H groups in total. The van der Waals surface area contributed by atoms with Gasteiger partial charge in [-0.05, 0) is 35.9 Å². The number of nitrogens with zero attached hydrogens (tertiary/aromatic N) is 3. The van der Waals surface area contributed by atoms with Gasteiger partial charge in [0.25, 0.3) is 5.91 Å². The fourth-order valence-electron chi connectivity index (χ4n) is 2.98. The van der Waals surface area contributed by atoms with E-state index in [9.17, 15) is 4.79 Å². The fraction of sp³-hybridized carbons (Fsp3) is 0.0500. The van der Waals surface area contributed by atoms with Crippen LogP contribution in [0.5, 0.6) is 0 Å². The maximum Gasteiger partial charge on any atom is 0.274 e. The quantitative estimate of drug-likeness (QED) is 0.520. The first-order valence-corrected chi connectivity index (χ1v) is 9.19. The second-order valence-electron chi connectivity index (χ2n) is 6.11. The first-order valence-electron chi connectivity index (χ1n) is 8.43. The van der Waals surface area contributed by atoms with Gasteiger partial charge in [-0.2, -0.15) is 0 Å². The van der Waals surface area contributed by atoms with Crippen LogP contribution in [-0.2, 0) is 6.54 Å². The fourth-order valence-corrected chi connectivity index (χ4v) is 3.49. The minimum Gasteiger partial charge on any atom is -0.326 e. The molecule has 4 rings (SSSR count). The Kier molecular flexibility index (Phi) is 5.00. The second-order valence-corrected chi connectivity index (χ2v) is 6.95. The lowest BCUT2D eigenvalue weighted by Crippen LogP contribution is -2.14. The first-order chi connectivity index (χ1) is 13.6. The molecule has 0 aliphatic heterocycles. The predicted octanol–water partition coefficient (Wildman–Crippen LogP) is 4.41. The van der Waals surface area contributed by atoms with Crippen molar-refractivity contribution in [2.24, 2.45) is 5.73 Å². The van der Waals surface area contributed by atoms with Crippen molar-refractivity contribution in [1.29, 1.82) is 0 Å². The van der Waals surface area contributed by atoms with Gasteiger partial charge in [0.2, 0.25) is 0 Å². The molecular weight excluding hydrogens is 397 g/mol. The third-order valence-electron chi connectivity index (χ3n) is 4.33. The van der Waals surface area contributed by atoms with Crippen LogP contribution in [-0.4, -0.2) is 20.3 Å². The average Bonchev–Trinajstić information content (AvgIpc) is 3.11. The lowest BCUT2D eigenvalue weighted by molar-refractivity contribution is 0.102. The van der Waals surface area contributed by atoms with Gasteiger partial charge in [0.15, 0.2) is 0 Å². The molecule has 8 heteroatoms. The van der Waals surface area contributed by atoms with Crippen LogP contribution in [0.3, 0.4) is 0 Å². The van der Waals surface area contributed by atoms with Gasteiger partial charge >= 0.3 is 0 Å². The summed E-state index contributed by atoms with van der Waals surface area (Å²) in [5.74, 6) is -0.297. The number of nitrogens with one attached hydrogen (secondary N) is 1. The third kappa shape index (κ3) is 3.45. The summed E-state index contributed by atoms with van der Waals surface area (Å²) in [5, 5.41) is 3.86. The van der Waals surface area contributed by atoms with E-state index < -0.39 is 0 Å². The Morgan fingerprint density at radius 1 is 1.14 bits per heavy atom. The molecule has 140 valence electrons. The molecular formula is C20H15Cl2N5O. The highest BCUT2D eigenvalue weighted by Crippen LogP contribution is 2.33. The number of carbonyl (C=O) groups is 1. The molecule has 0 saturated heterocycles. The Hall–Kier alpha value is -2.93. The van der Waals surface area contributed by atoms with Gasteiger partial charge < -0.3 is 11.1 Å². The molecule has 3 heterocycles. The lowest BCUT2D eigenvalue weighted by Gasteiger charge is -2.12. The van der Waals surface area contributed by atoms with Crippen LogP contribution in [0, 0.1) is 0 Å². The molecule has 1 aromatic carbocycles. The number of aromatic nitrogens is 3. The van der Waals surface area contributed by atoms with Crippen LogP contribution >= 0.6 is 23.2 Å². The maximum absolute atomic E-state index is 12.7. The molecule has 0 saturated carbocycles. The highest BCUT2D eigenvalue weighted by atomic mass is 35.5. The molecule has 0 aliphatic carbocycles. The van der Waals surface area contributed by atoms with E-state index in [1.165, 1.54) is 6.20 Å². The van der Waals surface area contributed by atoms with E-state index in [1.807, 2.05) is 18.3 Å². The van der Waals surface area contributed by atoms with E-state index in [0.717, 1.165) is 16.7 Å². The summed E-state index contributed by atoms with van der Waals surface area (Å²) < 4.78 is 1.71. The molecule has 0 aliphatic rings. The first kappa shape index (κ1) is 18.4. The summed E-state index contributed by atoms with van der Waals surface area (Å²) in [6, 6.07) is 10.6. The van der Waals surface area contributed by atoms with Crippen LogP contribution < -0.4 is 11.1 Å². The van der Waals surface area contributed by atoms with E-state index in [0.29, 0.717) is 33.6 Å². The molecule has 4 aromatic rings. The molecule has 0 atom stereocenters. The molecule has 0 radical (unpaired) electrons. The zero-order valence-electron chi connectivity index (χ0n) is 14.6. The van der Waals surface area contributed by atoms with Crippen LogP contribution in [0.15, 0.2) is 61.2 Å². The highest BCUT2D eigenvalue weighted by molar-refractivity contribution is 6.36. The van der Waals surface area contributed by atoms with Gasteiger partial charge in [-0.3, -0.25) is 14.2 Å². The molecule has 6 nitrogen and oxygen atoms in total. The van der Waals surface area contributed by atoms with Gasteiger partial charge in [0.05, 0.1) is 18.1 Å². The highest BCUT2D eigenvalue weighted by Gasteiger charge is 2.16. The number of pyridine rings is 2. The largest absolute Gasteiger partial charge is 0.326 e. The van der Waals surface area contributed by atoms with E-state index >= 15 is 0 Å². The van der Waals surface area contributed by atoms with Crippen molar-refractivity contribution in [2.75, 3.05) is 5.32 Å². The predicted molar refractivity (Wildman–Crippen MR) is 111 cm³/mol. The average molecular weight is 412 g/mol. The van der Waals surface area contributed by atoms with Gasteiger partial charge in [0, 0.05) is 40.1 Å². The summed E-state index contributed by atoms with van der Waals surface area (Å²) in [4.78, 5) is 21.1. The Labute approximate surface area is 170 Å². The topological polar surface area (TPSA) is 85.3 Å². The molecule has 0 spiro atoms. The Morgan fingerprint density at radius 2 is 2.00 bits per heavy atom. The normalized spacial score (nSPS) is 11.0. The number of hydrogen-bond acceptors (Lipinski definition) is 4. The van der Waals surface area contributed by atoms with Crippen molar-refractivity contribution in [3.05, 3.63) is 82.5 Å². The number of benzene rings is 1. The molecule has 0 unspecified atom stereocenters. The minimum absolute atomic E-state index is 0.297. The van der Waals surface area contributed by atoms with Gasteiger partial charge in [-0.15, -0.1) is 0 Å². The van der Waals surface area contributed by atoms with Crippen molar-refractivity contribution in [2.45, 2.75) is 6.54 Å². The van der Waals surface area contributed by atoms with E-state index in [1.54, 1.807) is 41.1 Å². The van der Waals surface area contributed by atoms with Crippen LogP contribution in [0.1, 0.15) is 16.1 Å². The van der Waals surface area contributed by atoms with E-state index in [4.69, 9.17) is 28.9 Å². The van der Waals surface area contributed by atoms with Gasteiger partial charge in [0.1, 0.15) is 11.3 Å². The second kappa shape index (κ2) is 7.59. The number of carbonyl (C=O) groups excluding carboxylic acids is 1. The molecule has 0 fully saturated rings. The molecule has 28 heavy (non-hydrogen) atoms. The van der Waals surface area contributed by atoms with Crippen LogP contribution in [0.4, 0.5) is 5.69 Å². The zero-order chi connectivity index (χ0) is 19.7. The minimum atomic E-state index is -0.297. The van der Waals surface area contributed by atoms with Crippen molar-refractivity contribution in [3.8, 4) is 11.1 Å². The number of fused-ring (bicyclic) bond motifs is 1. The number of imidazole rings is 1.